The molecule has 1 aliphatic heterocycles. The minimum atomic E-state index is -1.77. The zero-order valence-electron chi connectivity index (χ0n) is 15.7. The van der Waals surface area contributed by atoms with Gasteiger partial charge in [0.25, 0.3) is 0 Å². The van der Waals surface area contributed by atoms with Crippen LogP contribution >= 0.6 is 0 Å². The maximum Gasteiger partial charge on any atom is 0.335 e. The van der Waals surface area contributed by atoms with Gasteiger partial charge in [0.2, 0.25) is 6.29 Å². The number of aliphatic hydroxyl groups is 3. The fraction of sp³-hybridized carbons (Fsp3) is 0.611. The number of carboxylic acid groups (broad SMARTS) is 1. The number of aliphatic hydroxyl groups excluding tert-OH is 3. The number of carboxylic acids is 1. The Balaban J connectivity index is 2.30. The highest BCUT2D eigenvalue weighted by Crippen LogP contribution is 2.32. The molecule has 0 spiro atoms. The van der Waals surface area contributed by atoms with Gasteiger partial charge in [0.15, 0.2) is 6.10 Å². The number of rotatable bonds is 6. The van der Waals surface area contributed by atoms with Crippen molar-refractivity contribution in [3.63, 3.8) is 0 Å². The van der Waals surface area contributed by atoms with Crippen molar-refractivity contribution in [3.8, 4) is 5.75 Å². The molecule has 5 atom stereocenters. The average Bonchev–Trinajstić information content (AvgIpc) is 2.56. The SMILES string of the molecule is COCc1ccc(O[C@@H]2O[C@H](C(=O)O)[C@@H](O)[C@H](O)[C@H]2O)c(NC(C)(C)C)c1. The van der Waals surface area contributed by atoms with Crippen LogP contribution in [0, 0.1) is 0 Å². The van der Waals surface area contributed by atoms with Crippen molar-refractivity contribution in [2.45, 2.75) is 63.6 Å². The van der Waals surface area contributed by atoms with Gasteiger partial charge < -0.3 is 40.0 Å². The fourth-order valence-electron chi connectivity index (χ4n) is 2.71. The first-order valence-corrected chi connectivity index (χ1v) is 8.52. The Labute approximate surface area is 157 Å². The van der Waals surface area contributed by atoms with Gasteiger partial charge in [0.05, 0.1) is 12.3 Å². The summed E-state index contributed by atoms with van der Waals surface area (Å²) in [5.41, 5.74) is 1.15. The lowest BCUT2D eigenvalue weighted by Crippen LogP contribution is -2.61. The second-order valence-electron chi connectivity index (χ2n) is 7.49. The molecule has 0 aromatic heterocycles. The van der Waals surface area contributed by atoms with Gasteiger partial charge in [-0.05, 0) is 38.5 Å². The molecule has 0 amide bonds. The number of ether oxygens (including phenoxy) is 3. The summed E-state index contributed by atoms with van der Waals surface area (Å²) in [6.45, 7) is 6.23. The molecular formula is C18H27NO8. The van der Waals surface area contributed by atoms with Crippen LogP contribution in [-0.4, -0.2) is 69.8 Å². The lowest BCUT2D eigenvalue weighted by molar-refractivity contribution is -0.271. The van der Waals surface area contributed by atoms with Crippen molar-refractivity contribution in [2.24, 2.45) is 0 Å². The lowest BCUT2D eigenvalue weighted by atomic mass is 9.99. The number of anilines is 1. The van der Waals surface area contributed by atoms with Crippen LogP contribution < -0.4 is 10.1 Å². The van der Waals surface area contributed by atoms with E-state index in [0.29, 0.717) is 18.0 Å². The second kappa shape index (κ2) is 8.41. The van der Waals surface area contributed by atoms with E-state index >= 15 is 0 Å². The molecule has 1 aromatic rings. The van der Waals surface area contributed by atoms with Gasteiger partial charge in [-0.15, -0.1) is 0 Å². The third kappa shape index (κ3) is 5.30. The summed E-state index contributed by atoms with van der Waals surface area (Å²) < 4.78 is 16.0. The van der Waals surface area contributed by atoms with Gasteiger partial charge in [-0.25, -0.2) is 4.79 Å². The molecule has 5 N–H and O–H groups in total. The molecule has 152 valence electrons. The Morgan fingerprint density at radius 1 is 1.19 bits per heavy atom. The standard InChI is InChI=1S/C18H27NO8/c1-18(2,3)19-10-7-9(8-25-4)5-6-11(10)26-17-14(22)12(20)13(21)15(27-17)16(23)24/h5-7,12-15,17,19-22H,8H2,1-4H3,(H,23,24)/t12-,13-,14+,15-,17+/m0/s1. The quantitative estimate of drug-likeness (QED) is 0.468. The second-order valence-corrected chi connectivity index (χ2v) is 7.49. The van der Waals surface area contributed by atoms with Gasteiger partial charge in [0.1, 0.15) is 24.1 Å². The van der Waals surface area contributed by atoms with E-state index in [1.54, 1.807) is 25.3 Å². The van der Waals surface area contributed by atoms with Crippen molar-refractivity contribution in [1.82, 2.24) is 0 Å². The van der Waals surface area contributed by atoms with Crippen LogP contribution in [0.1, 0.15) is 26.3 Å². The molecule has 1 fully saturated rings. The van der Waals surface area contributed by atoms with Crippen LogP contribution in [-0.2, 0) is 20.9 Å². The van der Waals surface area contributed by atoms with E-state index in [0.717, 1.165) is 5.56 Å². The van der Waals surface area contributed by atoms with E-state index in [1.165, 1.54) is 0 Å². The largest absolute Gasteiger partial charge is 0.479 e. The molecule has 1 aromatic carbocycles. The highest BCUT2D eigenvalue weighted by Gasteiger charge is 2.48. The molecule has 0 bridgehead atoms. The molecule has 0 radical (unpaired) electrons. The molecular weight excluding hydrogens is 358 g/mol. The monoisotopic (exact) mass is 385 g/mol. The Hall–Kier alpha value is -1.91. The van der Waals surface area contributed by atoms with E-state index in [2.05, 4.69) is 5.32 Å². The predicted octanol–water partition coefficient (Wildman–Crippen LogP) is 0.314. The first-order chi connectivity index (χ1) is 12.5. The first kappa shape index (κ1) is 21.4. The smallest absolute Gasteiger partial charge is 0.335 e. The summed E-state index contributed by atoms with van der Waals surface area (Å²) in [7, 11) is 1.58. The molecule has 0 unspecified atom stereocenters. The maximum atomic E-state index is 11.2. The summed E-state index contributed by atoms with van der Waals surface area (Å²) in [4.78, 5) is 11.2. The molecule has 1 aliphatic rings. The summed E-state index contributed by atoms with van der Waals surface area (Å²) in [6, 6.07) is 5.19. The number of hydrogen-bond donors (Lipinski definition) is 5. The zero-order chi connectivity index (χ0) is 20.4. The Kier molecular flexibility index (Phi) is 6.66. The number of nitrogens with one attached hydrogen (secondary N) is 1. The molecule has 9 heteroatoms. The van der Waals surface area contributed by atoms with Crippen LogP contribution in [0.4, 0.5) is 5.69 Å². The van der Waals surface area contributed by atoms with Crippen LogP contribution in [0.3, 0.4) is 0 Å². The third-order valence-corrected chi connectivity index (χ3v) is 3.92. The van der Waals surface area contributed by atoms with E-state index in [-0.39, 0.29) is 5.54 Å². The number of methoxy groups -OCH3 is 1. The highest BCUT2D eigenvalue weighted by molar-refractivity contribution is 5.73. The van der Waals surface area contributed by atoms with Gasteiger partial charge >= 0.3 is 5.97 Å². The number of aliphatic carboxylic acids is 1. The van der Waals surface area contributed by atoms with E-state index in [4.69, 9.17) is 19.3 Å². The predicted molar refractivity (Wildman–Crippen MR) is 95.5 cm³/mol. The minimum Gasteiger partial charge on any atom is -0.479 e. The number of carbonyl (C=O) groups is 1. The summed E-state index contributed by atoms with van der Waals surface area (Å²) in [6.07, 6.45) is -8.32. The van der Waals surface area contributed by atoms with Crippen molar-refractivity contribution in [1.29, 1.82) is 0 Å². The molecule has 9 nitrogen and oxygen atoms in total. The molecule has 2 rings (SSSR count). The van der Waals surface area contributed by atoms with E-state index in [1.807, 2.05) is 20.8 Å². The fourth-order valence-corrected chi connectivity index (χ4v) is 2.71. The number of benzene rings is 1. The molecule has 0 saturated carbocycles. The summed E-state index contributed by atoms with van der Waals surface area (Å²) in [5.74, 6) is -1.17. The van der Waals surface area contributed by atoms with Crippen LogP contribution in [0.15, 0.2) is 18.2 Å². The maximum absolute atomic E-state index is 11.2. The zero-order valence-corrected chi connectivity index (χ0v) is 15.7. The van der Waals surface area contributed by atoms with Crippen LogP contribution in [0.25, 0.3) is 0 Å². The Morgan fingerprint density at radius 2 is 1.85 bits per heavy atom. The molecule has 0 aliphatic carbocycles. The Bertz CT molecular complexity index is 659. The highest BCUT2D eigenvalue weighted by atomic mass is 16.7. The number of hydrogen-bond acceptors (Lipinski definition) is 8. The van der Waals surface area contributed by atoms with Gasteiger partial charge in [-0.1, -0.05) is 6.07 Å². The minimum absolute atomic E-state index is 0.293. The molecule has 1 saturated heterocycles. The van der Waals surface area contributed by atoms with Crippen molar-refractivity contribution < 1.29 is 39.4 Å². The Morgan fingerprint density at radius 3 is 2.41 bits per heavy atom. The van der Waals surface area contributed by atoms with Crippen LogP contribution in [0.2, 0.25) is 0 Å². The summed E-state index contributed by atoms with van der Waals surface area (Å²) >= 11 is 0. The summed E-state index contributed by atoms with van der Waals surface area (Å²) in [5, 5.41) is 42.2. The topological polar surface area (TPSA) is 138 Å². The van der Waals surface area contributed by atoms with E-state index < -0.39 is 36.7 Å². The van der Waals surface area contributed by atoms with Gasteiger partial charge in [-0.2, -0.15) is 0 Å². The lowest BCUT2D eigenvalue weighted by Gasteiger charge is -2.38. The third-order valence-electron chi connectivity index (χ3n) is 3.92. The normalized spacial score (nSPS) is 28.6. The van der Waals surface area contributed by atoms with Gasteiger partial charge in [0, 0.05) is 12.6 Å². The molecule has 27 heavy (non-hydrogen) atoms. The van der Waals surface area contributed by atoms with E-state index in [9.17, 15) is 20.1 Å². The van der Waals surface area contributed by atoms with Crippen LogP contribution in [0.5, 0.6) is 5.75 Å². The van der Waals surface area contributed by atoms with Crippen molar-refractivity contribution >= 4 is 11.7 Å². The van der Waals surface area contributed by atoms with Gasteiger partial charge in [-0.3, -0.25) is 0 Å². The van der Waals surface area contributed by atoms with Crippen molar-refractivity contribution in [2.75, 3.05) is 12.4 Å². The van der Waals surface area contributed by atoms with Crippen molar-refractivity contribution in [3.05, 3.63) is 23.8 Å². The molecule has 1 heterocycles. The average molecular weight is 385 g/mol. The first-order valence-electron chi connectivity index (χ1n) is 8.52.